The second-order valence-electron chi connectivity index (χ2n) is 6.38. The molecule has 1 N–H and O–H groups in total. The predicted octanol–water partition coefficient (Wildman–Crippen LogP) is 3.10. The van der Waals surface area contributed by atoms with Crippen LogP contribution in [0.3, 0.4) is 0 Å². The zero-order valence-corrected chi connectivity index (χ0v) is 15.2. The van der Waals surface area contributed by atoms with E-state index in [2.05, 4.69) is 5.32 Å². The Hall–Kier alpha value is -2.18. The van der Waals surface area contributed by atoms with Gasteiger partial charge in [-0.15, -0.1) is 0 Å². The van der Waals surface area contributed by atoms with Gasteiger partial charge in [0.25, 0.3) is 0 Å². The quantitative estimate of drug-likeness (QED) is 0.913. The van der Waals surface area contributed by atoms with Crippen LogP contribution >= 0.6 is 0 Å². The Balaban J connectivity index is 1.81. The van der Waals surface area contributed by atoms with Crippen LogP contribution in [0.1, 0.15) is 24.0 Å². The minimum atomic E-state index is -3.67. The van der Waals surface area contributed by atoms with Crippen molar-refractivity contribution in [1.29, 1.82) is 0 Å². The van der Waals surface area contributed by atoms with Crippen molar-refractivity contribution in [2.75, 3.05) is 11.9 Å². The second-order valence-corrected chi connectivity index (χ2v) is 8.27. The van der Waals surface area contributed by atoms with Crippen molar-refractivity contribution in [2.24, 2.45) is 0 Å². The number of amides is 1. The molecular formula is C19H22N2O3S. The first-order chi connectivity index (χ1) is 11.9. The summed E-state index contributed by atoms with van der Waals surface area (Å²) in [6.07, 6.45) is 1.21. The lowest BCUT2D eigenvalue weighted by atomic mass is 10.1. The molecule has 1 unspecified atom stereocenters. The van der Waals surface area contributed by atoms with Crippen LogP contribution in [-0.2, 0) is 14.8 Å². The topological polar surface area (TPSA) is 66.5 Å². The van der Waals surface area contributed by atoms with Crippen LogP contribution in [0.15, 0.2) is 53.4 Å². The van der Waals surface area contributed by atoms with Gasteiger partial charge in [0.2, 0.25) is 15.9 Å². The van der Waals surface area contributed by atoms with Gasteiger partial charge in [-0.2, -0.15) is 4.31 Å². The molecule has 0 bridgehead atoms. The molecule has 0 radical (unpaired) electrons. The standard InChI is InChI=1S/C19H22N2O3S/c1-14-10-11-16(13-15(14)2)20-19(22)18-9-6-12-21(18)25(23,24)17-7-4-3-5-8-17/h3-5,7-8,10-11,13,18H,6,9,12H2,1-2H3,(H,20,22). The number of nitrogens with zero attached hydrogens (tertiary/aromatic N) is 1. The minimum Gasteiger partial charge on any atom is -0.325 e. The first-order valence-electron chi connectivity index (χ1n) is 8.34. The SMILES string of the molecule is Cc1ccc(NC(=O)C2CCCN2S(=O)(=O)c2ccccc2)cc1C. The summed E-state index contributed by atoms with van der Waals surface area (Å²) in [5, 5.41) is 2.86. The molecule has 5 nitrogen and oxygen atoms in total. The molecule has 1 aliphatic rings. The minimum absolute atomic E-state index is 0.223. The molecule has 0 aromatic heterocycles. The van der Waals surface area contributed by atoms with Crippen molar-refractivity contribution in [3.63, 3.8) is 0 Å². The highest BCUT2D eigenvalue weighted by Crippen LogP contribution is 2.27. The van der Waals surface area contributed by atoms with Crippen LogP contribution in [0, 0.1) is 13.8 Å². The molecule has 2 aromatic carbocycles. The molecule has 1 atom stereocenters. The molecule has 132 valence electrons. The van der Waals surface area contributed by atoms with Crippen LogP contribution in [0.25, 0.3) is 0 Å². The Labute approximate surface area is 148 Å². The van der Waals surface area contributed by atoms with Crippen molar-refractivity contribution in [2.45, 2.75) is 37.6 Å². The van der Waals surface area contributed by atoms with Gasteiger partial charge < -0.3 is 5.32 Å². The van der Waals surface area contributed by atoms with Gasteiger partial charge in [-0.1, -0.05) is 24.3 Å². The first-order valence-corrected chi connectivity index (χ1v) is 9.78. The third-order valence-corrected chi connectivity index (χ3v) is 6.55. The van der Waals surface area contributed by atoms with Gasteiger partial charge in [0, 0.05) is 12.2 Å². The Kier molecular flexibility index (Phi) is 4.92. The van der Waals surface area contributed by atoms with E-state index in [0.717, 1.165) is 11.1 Å². The largest absolute Gasteiger partial charge is 0.325 e. The summed E-state index contributed by atoms with van der Waals surface area (Å²) in [5.41, 5.74) is 2.92. The number of aryl methyl sites for hydroxylation is 2. The Morgan fingerprint density at radius 1 is 1.08 bits per heavy atom. The van der Waals surface area contributed by atoms with Crippen LogP contribution in [-0.4, -0.2) is 31.2 Å². The van der Waals surface area contributed by atoms with Crippen molar-refractivity contribution in [3.05, 3.63) is 59.7 Å². The zero-order chi connectivity index (χ0) is 18.0. The molecule has 1 fully saturated rings. The van der Waals surface area contributed by atoms with Gasteiger partial charge in [0.15, 0.2) is 0 Å². The molecule has 1 heterocycles. The molecule has 2 aromatic rings. The Bertz CT molecular complexity index is 879. The van der Waals surface area contributed by atoms with Gasteiger partial charge in [0.05, 0.1) is 4.90 Å². The summed E-state index contributed by atoms with van der Waals surface area (Å²) in [7, 11) is -3.67. The zero-order valence-electron chi connectivity index (χ0n) is 14.4. The van der Waals surface area contributed by atoms with E-state index in [4.69, 9.17) is 0 Å². The molecule has 0 spiro atoms. The van der Waals surface area contributed by atoms with E-state index in [9.17, 15) is 13.2 Å². The fraction of sp³-hybridized carbons (Fsp3) is 0.316. The molecule has 3 rings (SSSR count). The van der Waals surface area contributed by atoms with E-state index in [0.29, 0.717) is 25.1 Å². The summed E-state index contributed by atoms with van der Waals surface area (Å²) in [5.74, 6) is -0.278. The number of sulfonamides is 1. The van der Waals surface area contributed by atoms with E-state index in [1.54, 1.807) is 30.3 Å². The highest BCUT2D eigenvalue weighted by atomic mass is 32.2. The van der Waals surface area contributed by atoms with Crippen LogP contribution in [0.5, 0.6) is 0 Å². The average molecular weight is 358 g/mol. The molecule has 25 heavy (non-hydrogen) atoms. The molecule has 1 saturated heterocycles. The van der Waals surface area contributed by atoms with E-state index < -0.39 is 16.1 Å². The first kappa shape index (κ1) is 17.6. The van der Waals surface area contributed by atoms with E-state index in [-0.39, 0.29) is 10.8 Å². The molecule has 0 aliphatic carbocycles. The highest BCUT2D eigenvalue weighted by Gasteiger charge is 2.39. The van der Waals surface area contributed by atoms with Gasteiger partial charge >= 0.3 is 0 Å². The van der Waals surface area contributed by atoms with Crippen LogP contribution in [0.4, 0.5) is 5.69 Å². The summed E-state index contributed by atoms with van der Waals surface area (Å²) >= 11 is 0. The lowest BCUT2D eigenvalue weighted by Gasteiger charge is -2.23. The number of hydrogen-bond acceptors (Lipinski definition) is 3. The molecule has 1 aliphatic heterocycles. The highest BCUT2D eigenvalue weighted by molar-refractivity contribution is 7.89. The lowest BCUT2D eigenvalue weighted by Crippen LogP contribution is -2.43. The molecule has 0 saturated carbocycles. The van der Waals surface area contributed by atoms with Crippen molar-refractivity contribution in [1.82, 2.24) is 4.31 Å². The van der Waals surface area contributed by atoms with Crippen LogP contribution in [0.2, 0.25) is 0 Å². The van der Waals surface area contributed by atoms with E-state index in [1.165, 1.54) is 4.31 Å². The maximum Gasteiger partial charge on any atom is 0.243 e. The normalized spacial score (nSPS) is 18.2. The number of hydrogen-bond donors (Lipinski definition) is 1. The van der Waals surface area contributed by atoms with Gasteiger partial charge in [-0.3, -0.25) is 4.79 Å². The fourth-order valence-corrected chi connectivity index (χ4v) is 4.74. The average Bonchev–Trinajstić information content (AvgIpc) is 3.10. The number of anilines is 1. The van der Waals surface area contributed by atoms with E-state index in [1.807, 2.05) is 32.0 Å². The van der Waals surface area contributed by atoms with E-state index >= 15 is 0 Å². The van der Waals surface area contributed by atoms with Gasteiger partial charge in [-0.25, -0.2) is 8.42 Å². The number of nitrogens with one attached hydrogen (secondary N) is 1. The molecule has 6 heteroatoms. The smallest absolute Gasteiger partial charge is 0.243 e. The third-order valence-electron chi connectivity index (χ3n) is 4.63. The van der Waals surface area contributed by atoms with Gasteiger partial charge in [0.1, 0.15) is 6.04 Å². The number of carbonyl (C=O) groups is 1. The number of rotatable bonds is 4. The summed E-state index contributed by atoms with van der Waals surface area (Å²) in [6.45, 7) is 4.35. The predicted molar refractivity (Wildman–Crippen MR) is 97.9 cm³/mol. The Morgan fingerprint density at radius 2 is 1.80 bits per heavy atom. The number of benzene rings is 2. The van der Waals surface area contributed by atoms with Crippen molar-refractivity contribution in [3.8, 4) is 0 Å². The molecular weight excluding hydrogens is 336 g/mol. The summed E-state index contributed by atoms with van der Waals surface area (Å²) < 4.78 is 27.0. The summed E-state index contributed by atoms with van der Waals surface area (Å²) in [6, 6.07) is 13.3. The second kappa shape index (κ2) is 6.98. The maximum atomic E-state index is 12.8. The summed E-state index contributed by atoms with van der Waals surface area (Å²) in [4.78, 5) is 12.9. The third kappa shape index (κ3) is 3.60. The van der Waals surface area contributed by atoms with Crippen LogP contribution < -0.4 is 5.32 Å². The fourth-order valence-electron chi connectivity index (χ4n) is 3.06. The van der Waals surface area contributed by atoms with Gasteiger partial charge in [-0.05, 0) is 62.1 Å². The van der Waals surface area contributed by atoms with Crippen molar-refractivity contribution >= 4 is 21.6 Å². The monoisotopic (exact) mass is 358 g/mol. The molecule has 1 amide bonds. The lowest BCUT2D eigenvalue weighted by molar-refractivity contribution is -0.119. The maximum absolute atomic E-state index is 12.8. The van der Waals surface area contributed by atoms with Crippen molar-refractivity contribution < 1.29 is 13.2 Å². The Morgan fingerprint density at radius 3 is 2.48 bits per heavy atom. The number of carbonyl (C=O) groups excluding carboxylic acids is 1.